The van der Waals surface area contributed by atoms with Crippen molar-refractivity contribution in [3.05, 3.63) is 23.8 Å². The molecule has 0 aromatic heterocycles. The van der Waals surface area contributed by atoms with Crippen LogP contribution in [-0.2, 0) is 19.1 Å². The van der Waals surface area contributed by atoms with Gasteiger partial charge in [0, 0.05) is 23.2 Å². The molecule has 0 aromatic rings. The average Bonchev–Trinajstić information content (AvgIpc) is 3.01. The van der Waals surface area contributed by atoms with Gasteiger partial charge in [0.25, 0.3) is 0 Å². The lowest BCUT2D eigenvalue weighted by atomic mass is 9.44. The van der Waals surface area contributed by atoms with Gasteiger partial charge in [-0.2, -0.15) is 0 Å². The summed E-state index contributed by atoms with van der Waals surface area (Å²) in [5, 5.41) is 22.3. The Balaban J connectivity index is 1.79. The van der Waals surface area contributed by atoms with Crippen LogP contribution in [0.25, 0.3) is 0 Å². The fourth-order valence-electron chi connectivity index (χ4n) is 7.87. The average molecular weight is 431 g/mol. The molecule has 0 spiro atoms. The lowest BCUT2D eigenvalue weighted by molar-refractivity contribution is -0.218. The van der Waals surface area contributed by atoms with Crippen LogP contribution in [0.2, 0.25) is 0 Å². The van der Waals surface area contributed by atoms with E-state index in [4.69, 9.17) is 4.74 Å². The number of carbonyl (C=O) groups is 3. The van der Waals surface area contributed by atoms with E-state index in [0.29, 0.717) is 19.1 Å². The predicted molar refractivity (Wildman–Crippen MR) is 114 cm³/mol. The minimum Gasteiger partial charge on any atom is -0.455 e. The lowest BCUT2D eigenvalue weighted by Crippen LogP contribution is -2.64. The van der Waals surface area contributed by atoms with Crippen molar-refractivity contribution in [3.63, 3.8) is 0 Å². The molecule has 170 valence electrons. The maximum atomic E-state index is 12.3. The Morgan fingerprint density at radius 2 is 2.10 bits per heavy atom. The third kappa shape index (κ3) is 2.94. The molecule has 0 aliphatic heterocycles. The highest BCUT2D eigenvalue weighted by molar-refractivity contribution is 6.01. The number of ether oxygens (including phenoxy) is 1. The summed E-state index contributed by atoms with van der Waals surface area (Å²) in [6, 6.07) is 0. The van der Waals surface area contributed by atoms with E-state index in [1.165, 1.54) is 0 Å². The SMILES string of the molecule is CCC(=O)O[C@]1(C(O)C=O)CC[C@H]2[C@@H]3C[C@H](C)C4=CC(=O)C=C[C@]4(C)[C@H]3[C@@H](O)C[C@@]21C. The Labute approximate surface area is 183 Å². The molecule has 0 aromatic carbocycles. The number of esters is 1. The van der Waals surface area contributed by atoms with E-state index in [-0.39, 0.29) is 35.9 Å². The number of hydrogen-bond donors (Lipinski definition) is 2. The Morgan fingerprint density at radius 3 is 2.74 bits per heavy atom. The number of hydrogen-bond acceptors (Lipinski definition) is 6. The second kappa shape index (κ2) is 7.38. The first-order valence-electron chi connectivity index (χ1n) is 11.5. The molecule has 2 N–H and O–H groups in total. The lowest BCUT2D eigenvalue weighted by Gasteiger charge is -2.61. The monoisotopic (exact) mass is 430 g/mol. The maximum absolute atomic E-state index is 12.3. The number of rotatable bonds is 4. The zero-order valence-electron chi connectivity index (χ0n) is 18.8. The molecule has 0 bridgehead atoms. The Hall–Kier alpha value is -1.79. The van der Waals surface area contributed by atoms with Gasteiger partial charge in [-0.15, -0.1) is 0 Å². The van der Waals surface area contributed by atoms with Crippen LogP contribution in [0.15, 0.2) is 23.8 Å². The summed E-state index contributed by atoms with van der Waals surface area (Å²) in [5.74, 6) is -0.116. The van der Waals surface area contributed by atoms with Gasteiger partial charge < -0.3 is 19.7 Å². The molecule has 31 heavy (non-hydrogen) atoms. The summed E-state index contributed by atoms with van der Waals surface area (Å²) in [7, 11) is 0. The number of ketones is 1. The molecule has 0 radical (unpaired) electrons. The van der Waals surface area contributed by atoms with Gasteiger partial charge >= 0.3 is 5.97 Å². The molecule has 0 saturated heterocycles. The summed E-state index contributed by atoms with van der Waals surface area (Å²) in [6.45, 7) is 7.90. The molecule has 4 aliphatic rings. The molecule has 4 rings (SSSR count). The highest BCUT2D eigenvalue weighted by Gasteiger charge is 2.70. The minimum atomic E-state index is -1.43. The quantitative estimate of drug-likeness (QED) is 0.525. The highest BCUT2D eigenvalue weighted by Crippen LogP contribution is 2.68. The van der Waals surface area contributed by atoms with Gasteiger partial charge in [0.2, 0.25) is 0 Å². The molecule has 6 nitrogen and oxygen atoms in total. The number of allylic oxidation sites excluding steroid dienone is 4. The van der Waals surface area contributed by atoms with Gasteiger partial charge in [-0.25, -0.2) is 0 Å². The van der Waals surface area contributed by atoms with Crippen molar-refractivity contribution in [2.75, 3.05) is 0 Å². The van der Waals surface area contributed by atoms with Crippen LogP contribution in [0.3, 0.4) is 0 Å². The van der Waals surface area contributed by atoms with Gasteiger partial charge in [0.1, 0.15) is 6.10 Å². The van der Waals surface area contributed by atoms with E-state index < -0.39 is 34.6 Å². The number of aliphatic hydroxyl groups is 2. The first-order valence-corrected chi connectivity index (χ1v) is 11.5. The molecule has 0 amide bonds. The topological polar surface area (TPSA) is 101 Å². The van der Waals surface area contributed by atoms with Crippen molar-refractivity contribution in [1.29, 1.82) is 0 Å². The molecule has 9 atom stereocenters. The van der Waals surface area contributed by atoms with E-state index in [0.717, 1.165) is 18.4 Å². The Kier molecular flexibility index (Phi) is 5.33. The summed E-state index contributed by atoms with van der Waals surface area (Å²) in [6.07, 6.45) is 6.07. The van der Waals surface area contributed by atoms with Gasteiger partial charge in [-0.1, -0.05) is 39.3 Å². The van der Waals surface area contributed by atoms with E-state index in [2.05, 4.69) is 13.8 Å². The first kappa shape index (κ1) is 22.4. The number of carbonyl (C=O) groups excluding carboxylic acids is 3. The fourth-order valence-corrected chi connectivity index (χ4v) is 7.87. The zero-order chi connectivity index (χ0) is 22.8. The molecule has 1 unspecified atom stereocenters. The van der Waals surface area contributed by atoms with Crippen molar-refractivity contribution in [2.45, 2.75) is 77.6 Å². The van der Waals surface area contributed by atoms with E-state index in [1.807, 2.05) is 13.0 Å². The second-order valence-corrected chi connectivity index (χ2v) is 10.6. The van der Waals surface area contributed by atoms with Crippen molar-refractivity contribution >= 4 is 18.0 Å². The Morgan fingerprint density at radius 1 is 1.39 bits per heavy atom. The van der Waals surface area contributed by atoms with E-state index >= 15 is 0 Å². The van der Waals surface area contributed by atoms with Gasteiger partial charge in [-0.05, 0) is 55.6 Å². The first-order chi connectivity index (χ1) is 14.5. The summed E-state index contributed by atoms with van der Waals surface area (Å²) >= 11 is 0. The molecular weight excluding hydrogens is 396 g/mol. The van der Waals surface area contributed by atoms with Crippen LogP contribution < -0.4 is 0 Å². The van der Waals surface area contributed by atoms with E-state index in [1.54, 1.807) is 19.1 Å². The third-order valence-electron chi connectivity index (χ3n) is 9.19. The zero-order valence-corrected chi connectivity index (χ0v) is 18.8. The largest absolute Gasteiger partial charge is 0.455 e. The number of aliphatic hydroxyl groups excluding tert-OH is 2. The van der Waals surface area contributed by atoms with Crippen LogP contribution in [-0.4, -0.2) is 46.1 Å². The fraction of sp³-hybridized carbons (Fsp3) is 0.720. The summed E-state index contributed by atoms with van der Waals surface area (Å²) in [4.78, 5) is 36.1. The maximum Gasteiger partial charge on any atom is 0.306 e. The third-order valence-corrected chi connectivity index (χ3v) is 9.19. The normalized spacial score (nSPS) is 47.0. The highest BCUT2D eigenvalue weighted by atomic mass is 16.6. The Bertz CT molecular complexity index is 860. The summed E-state index contributed by atoms with van der Waals surface area (Å²) in [5.41, 5.74) is -1.37. The predicted octanol–water partition coefficient (Wildman–Crippen LogP) is 2.76. The van der Waals surface area contributed by atoms with Crippen molar-refractivity contribution < 1.29 is 29.3 Å². The van der Waals surface area contributed by atoms with Gasteiger partial charge in [0.15, 0.2) is 17.7 Å². The molecule has 6 heteroatoms. The van der Waals surface area contributed by atoms with Crippen LogP contribution in [0.1, 0.15) is 59.8 Å². The molecule has 3 fully saturated rings. The van der Waals surface area contributed by atoms with Gasteiger partial charge in [0.05, 0.1) is 6.10 Å². The number of fused-ring (bicyclic) bond motifs is 5. The van der Waals surface area contributed by atoms with Crippen LogP contribution in [0, 0.1) is 34.5 Å². The van der Waals surface area contributed by atoms with Crippen LogP contribution in [0.5, 0.6) is 0 Å². The van der Waals surface area contributed by atoms with Crippen molar-refractivity contribution in [1.82, 2.24) is 0 Å². The minimum absolute atomic E-state index is 0.00613. The number of aldehydes is 1. The van der Waals surface area contributed by atoms with Crippen molar-refractivity contribution in [2.24, 2.45) is 34.5 Å². The molecule has 4 aliphatic carbocycles. The van der Waals surface area contributed by atoms with Crippen molar-refractivity contribution in [3.8, 4) is 0 Å². The van der Waals surface area contributed by atoms with Gasteiger partial charge in [-0.3, -0.25) is 9.59 Å². The molecular formula is C25H34O6. The smallest absolute Gasteiger partial charge is 0.306 e. The summed E-state index contributed by atoms with van der Waals surface area (Å²) < 4.78 is 5.87. The molecule has 3 saturated carbocycles. The van der Waals surface area contributed by atoms with Crippen LogP contribution >= 0.6 is 0 Å². The second-order valence-electron chi connectivity index (χ2n) is 10.6. The van der Waals surface area contributed by atoms with Crippen LogP contribution in [0.4, 0.5) is 0 Å². The molecule has 0 heterocycles. The standard InChI is InChI=1S/C25H34O6/c1-5-21(30)31-25(20(29)13-26)9-7-17-16-10-14(2)18-11-15(27)6-8-23(18,3)22(16)19(28)12-24(17,25)4/h6,8,11,13-14,16-17,19-20,22,28-29H,5,7,9-10,12H2,1-4H3/t14-,16-,17-,19-,20?,22+,23-,24-,25-/m0/s1. The van der Waals surface area contributed by atoms with E-state index in [9.17, 15) is 24.6 Å².